The zero-order valence-corrected chi connectivity index (χ0v) is 15.4. The van der Waals surface area contributed by atoms with Gasteiger partial charge in [-0.25, -0.2) is 4.39 Å². The third-order valence-corrected chi connectivity index (χ3v) is 5.60. The molecule has 3 rings (SSSR count). The van der Waals surface area contributed by atoms with Gasteiger partial charge in [-0.3, -0.25) is 14.5 Å². The van der Waals surface area contributed by atoms with Crippen molar-refractivity contribution in [3.05, 3.63) is 75.5 Å². The summed E-state index contributed by atoms with van der Waals surface area (Å²) in [5.41, 5.74) is 6.10. The van der Waals surface area contributed by atoms with Crippen LogP contribution in [0.4, 0.5) is 10.1 Å². The number of hydrogen-bond donors (Lipinski definition) is 1. The molecule has 1 heterocycles. The van der Waals surface area contributed by atoms with Gasteiger partial charge in [0.25, 0.3) is 5.91 Å². The summed E-state index contributed by atoms with van der Waals surface area (Å²) in [6.07, 6.45) is 0.307. The number of anilines is 1. The molecule has 0 unspecified atom stereocenters. The highest BCUT2D eigenvalue weighted by Crippen LogP contribution is 2.42. The Hall–Kier alpha value is -2.82. The predicted octanol–water partition coefficient (Wildman–Crippen LogP) is 3.39. The first kappa shape index (κ1) is 19.0. The molecule has 2 aromatic rings. The van der Waals surface area contributed by atoms with Crippen molar-refractivity contribution in [2.45, 2.75) is 11.7 Å². The average Bonchev–Trinajstić information content (AvgIpc) is 2.94. The number of carbonyl (C=O) groups excluding carboxylic acids is 2. The Morgan fingerprint density at radius 2 is 1.93 bits per heavy atom. The summed E-state index contributed by atoms with van der Waals surface area (Å²) < 4.78 is 13.3. The molecule has 136 valence electrons. The summed E-state index contributed by atoms with van der Waals surface area (Å²) in [6, 6.07) is 14.1. The molecular formula is C19H13ClFN3O2S. The molecule has 0 radical (unpaired) electrons. The third-order valence-electron chi connectivity index (χ3n) is 3.97. The van der Waals surface area contributed by atoms with E-state index < -0.39 is 17.0 Å². The van der Waals surface area contributed by atoms with Crippen LogP contribution in [-0.4, -0.2) is 17.1 Å². The summed E-state index contributed by atoms with van der Waals surface area (Å²) in [5, 5.41) is 9.38. The van der Waals surface area contributed by atoms with Crippen molar-refractivity contribution >= 4 is 40.9 Å². The van der Waals surface area contributed by atoms with Gasteiger partial charge < -0.3 is 5.73 Å². The van der Waals surface area contributed by atoms with E-state index in [1.165, 1.54) is 29.2 Å². The molecule has 2 amide bonds. The molecule has 0 saturated carbocycles. The molecule has 2 aromatic carbocycles. The summed E-state index contributed by atoms with van der Waals surface area (Å²) in [6.45, 7) is 0. The van der Waals surface area contributed by atoms with Gasteiger partial charge in [0, 0.05) is 10.7 Å². The van der Waals surface area contributed by atoms with E-state index in [2.05, 4.69) is 0 Å². The Bertz CT molecular complexity index is 985. The fourth-order valence-corrected chi connectivity index (χ4v) is 4.20. The topological polar surface area (TPSA) is 87.2 Å². The van der Waals surface area contributed by atoms with Crippen LogP contribution in [0, 0.1) is 17.1 Å². The fourth-order valence-electron chi connectivity index (χ4n) is 2.69. The number of thioether (sulfide) groups is 1. The Balaban J connectivity index is 2.05. The summed E-state index contributed by atoms with van der Waals surface area (Å²) in [7, 11) is 0. The summed E-state index contributed by atoms with van der Waals surface area (Å²) >= 11 is 7.25. The lowest BCUT2D eigenvalue weighted by Gasteiger charge is -2.18. The van der Waals surface area contributed by atoms with Gasteiger partial charge in [0.05, 0.1) is 5.25 Å². The normalized spacial score (nSPS) is 18.3. The van der Waals surface area contributed by atoms with Crippen molar-refractivity contribution in [2.75, 3.05) is 4.90 Å². The van der Waals surface area contributed by atoms with Gasteiger partial charge in [-0.15, -0.1) is 0 Å². The molecule has 1 aliphatic heterocycles. The van der Waals surface area contributed by atoms with Crippen LogP contribution in [0.15, 0.2) is 59.1 Å². The lowest BCUT2D eigenvalue weighted by Crippen LogP contribution is -2.31. The van der Waals surface area contributed by atoms with Gasteiger partial charge in [-0.1, -0.05) is 41.6 Å². The molecule has 2 N–H and O–H groups in total. The first-order chi connectivity index (χ1) is 12.9. The van der Waals surface area contributed by atoms with Crippen LogP contribution in [0.25, 0.3) is 0 Å². The van der Waals surface area contributed by atoms with Crippen LogP contribution in [0.3, 0.4) is 0 Å². The van der Waals surface area contributed by atoms with E-state index in [-0.39, 0.29) is 16.5 Å². The van der Waals surface area contributed by atoms with Crippen molar-refractivity contribution < 1.29 is 14.0 Å². The number of amides is 2. The number of hydrogen-bond acceptors (Lipinski definition) is 4. The molecule has 0 aromatic heterocycles. The van der Waals surface area contributed by atoms with Gasteiger partial charge in [-0.2, -0.15) is 5.26 Å². The van der Waals surface area contributed by atoms with Crippen molar-refractivity contribution in [1.29, 1.82) is 5.26 Å². The molecule has 1 aliphatic rings. The molecule has 8 heteroatoms. The molecule has 0 spiro atoms. The number of halogens is 2. The molecule has 5 nitrogen and oxygen atoms in total. The van der Waals surface area contributed by atoms with Crippen LogP contribution < -0.4 is 10.6 Å². The van der Waals surface area contributed by atoms with E-state index in [1.807, 2.05) is 6.07 Å². The largest absolute Gasteiger partial charge is 0.365 e. The summed E-state index contributed by atoms with van der Waals surface area (Å²) in [5.74, 6) is -1.74. The van der Waals surface area contributed by atoms with Crippen molar-refractivity contribution in [1.82, 2.24) is 0 Å². The van der Waals surface area contributed by atoms with Gasteiger partial charge >= 0.3 is 0 Å². The smallest absolute Gasteiger partial charge is 0.262 e. The van der Waals surface area contributed by atoms with Gasteiger partial charge in [0.2, 0.25) is 5.91 Å². The molecular weight excluding hydrogens is 389 g/mol. The summed E-state index contributed by atoms with van der Waals surface area (Å²) in [4.78, 5) is 25.9. The van der Waals surface area contributed by atoms with Crippen molar-refractivity contribution in [3.8, 4) is 6.07 Å². The zero-order chi connectivity index (χ0) is 19.6. The number of carbonyl (C=O) groups is 2. The minimum absolute atomic E-state index is 0.138. The van der Waals surface area contributed by atoms with E-state index in [9.17, 15) is 19.2 Å². The Morgan fingerprint density at radius 1 is 1.26 bits per heavy atom. The van der Waals surface area contributed by atoms with Crippen LogP contribution in [0.5, 0.6) is 0 Å². The lowest BCUT2D eigenvalue weighted by atomic mass is 10.1. The van der Waals surface area contributed by atoms with E-state index in [1.54, 1.807) is 24.3 Å². The molecule has 1 saturated heterocycles. The second-order valence-corrected chi connectivity index (χ2v) is 7.31. The minimum atomic E-state index is -0.932. The number of primary amides is 1. The number of nitriles is 1. The standard InChI is InChI=1S/C19H13ClFN3O2S/c20-15-4-2-1-3-11(15)9-16-18(26)24(13-7-5-12(21)6-8-13)19(27-16)14(10-22)17(23)25/h1-8,16H,9H2,(H2,23,25)/b19-14+/t16-/m0/s1. The second kappa shape index (κ2) is 7.82. The minimum Gasteiger partial charge on any atom is -0.365 e. The number of rotatable bonds is 4. The highest BCUT2D eigenvalue weighted by atomic mass is 35.5. The van der Waals surface area contributed by atoms with E-state index in [0.29, 0.717) is 17.1 Å². The Kier molecular flexibility index (Phi) is 5.49. The average molecular weight is 402 g/mol. The fraction of sp³-hybridized carbons (Fsp3) is 0.105. The van der Waals surface area contributed by atoms with E-state index in [0.717, 1.165) is 17.3 Å². The maximum absolute atomic E-state index is 13.3. The quantitative estimate of drug-likeness (QED) is 0.628. The van der Waals surface area contributed by atoms with Crippen molar-refractivity contribution in [2.24, 2.45) is 5.73 Å². The molecule has 27 heavy (non-hydrogen) atoms. The highest BCUT2D eigenvalue weighted by Gasteiger charge is 2.40. The third kappa shape index (κ3) is 3.82. The number of benzene rings is 2. The maximum atomic E-state index is 13.3. The molecule has 0 aliphatic carbocycles. The van der Waals surface area contributed by atoms with Crippen LogP contribution in [-0.2, 0) is 16.0 Å². The van der Waals surface area contributed by atoms with Crippen LogP contribution >= 0.6 is 23.4 Å². The highest BCUT2D eigenvalue weighted by molar-refractivity contribution is 8.05. The zero-order valence-electron chi connectivity index (χ0n) is 13.9. The van der Waals surface area contributed by atoms with E-state index >= 15 is 0 Å². The Morgan fingerprint density at radius 3 is 2.52 bits per heavy atom. The molecule has 1 atom stereocenters. The molecule has 0 bridgehead atoms. The van der Waals surface area contributed by atoms with E-state index in [4.69, 9.17) is 17.3 Å². The second-order valence-electron chi connectivity index (χ2n) is 5.71. The monoisotopic (exact) mass is 401 g/mol. The predicted molar refractivity (Wildman–Crippen MR) is 102 cm³/mol. The maximum Gasteiger partial charge on any atom is 0.262 e. The van der Waals surface area contributed by atoms with Crippen LogP contribution in [0.2, 0.25) is 5.02 Å². The number of nitrogens with zero attached hydrogens (tertiary/aromatic N) is 2. The van der Waals surface area contributed by atoms with Gasteiger partial charge in [0.15, 0.2) is 0 Å². The molecule has 1 fully saturated rings. The first-order valence-electron chi connectivity index (χ1n) is 7.86. The Labute approximate surface area is 164 Å². The van der Waals surface area contributed by atoms with Crippen molar-refractivity contribution in [3.63, 3.8) is 0 Å². The van der Waals surface area contributed by atoms with Gasteiger partial charge in [-0.05, 0) is 42.3 Å². The lowest BCUT2D eigenvalue weighted by molar-refractivity contribution is -0.117. The SMILES string of the molecule is N#C/C(C(N)=O)=C1\S[C@@H](Cc2ccccc2Cl)C(=O)N1c1ccc(F)cc1. The van der Waals surface area contributed by atoms with Crippen LogP contribution in [0.1, 0.15) is 5.56 Å². The van der Waals surface area contributed by atoms with Gasteiger partial charge in [0.1, 0.15) is 22.5 Å². The number of nitrogens with two attached hydrogens (primary N) is 1. The first-order valence-corrected chi connectivity index (χ1v) is 9.12.